The largest absolute Gasteiger partial charge is 0.450 e. The van der Waals surface area contributed by atoms with Crippen LogP contribution in [0, 0.1) is 6.92 Å². The number of benzene rings is 1. The molecule has 0 saturated carbocycles. The molecule has 0 N–H and O–H groups in total. The Balaban J connectivity index is 1.74. The van der Waals surface area contributed by atoms with Crippen molar-refractivity contribution in [2.75, 3.05) is 32.8 Å². The molecular formula is C19H26N4O3. The minimum atomic E-state index is -0.310. The van der Waals surface area contributed by atoms with Gasteiger partial charge in [0.2, 0.25) is 0 Å². The monoisotopic (exact) mass is 358 g/mol. The van der Waals surface area contributed by atoms with Crippen LogP contribution in [0.3, 0.4) is 0 Å². The summed E-state index contributed by atoms with van der Waals surface area (Å²) in [6, 6.07) is 6.01. The molecule has 0 bridgehead atoms. The molecule has 0 aliphatic carbocycles. The SMILES string of the molecule is CCOC(=O)N1CCN(C(=O)c2ccc3c(c2)nc(C)n3C(C)C)CC1. The third-order valence-electron chi connectivity index (χ3n) is 4.72. The molecule has 1 aromatic heterocycles. The Kier molecular flexibility index (Phi) is 5.15. The average molecular weight is 358 g/mol. The number of piperazine rings is 1. The number of carbonyl (C=O) groups excluding carboxylic acids is 2. The molecule has 1 fully saturated rings. The fourth-order valence-electron chi connectivity index (χ4n) is 3.49. The summed E-state index contributed by atoms with van der Waals surface area (Å²) >= 11 is 0. The summed E-state index contributed by atoms with van der Waals surface area (Å²) in [5.41, 5.74) is 2.52. The maximum Gasteiger partial charge on any atom is 0.409 e. The van der Waals surface area contributed by atoms with Crippen molar-refractivity contribution < 1.29 is 14.3 Å². The van der Waals surface area contributed by atoms with Crippen molar-refractivity contribution in [1.82, 2.24) is 19.4 Å². The number of aromatic nitrogens is 2. The number of ether oxygens (including phenoxy) is 1. The maximum atomic E-state index is 12.8. The van der Waals surface area contributed by atoms with Crippen LogP contribution < -0.4 is 0 Å². The van der Waals surface area contributed by atoms with Gasteiger partial charge < -0.3 is 19.1 Å². The Labute approximate surface area is 153 Å². The summed E-state index contributed by atoms with van der Waals surface area (Å²) in [4.78, 5) is 32.6. The van der Waals surface area contributed by atoms with Crippen LogP contribution in [-0.2, 0) is 4.74 Å². The van der Waals surface area contributed by atoms with E-state index in [1.54, 1.807) is 16.7 Å². The van der Waals surface area contributed by atoms with Gasteiger partial charge in [0, 0.05) is 37.8 Å². The van der Waals surface area contributed by atoms with Gasteiger partial charge in [0.05, 0.1) is 17.6 Å². The highest BCUT2D eigenvalue weighted by Crippen LogP contribution is 2.22. The number of rotatable bonds is 3. The molecule has 2 aromatic rings. The summed E-state index contributed by atoms with van der Waals surface area (Å²) in [6.07, 6.45) is -0.310. The van der Waals surface area contributed by atoms with Crippen molar-refractivity contribution in [3.8, 4) is 0 Å². The number of amides is 2. The Morgan fingerprint density at radius 3 is 2.42 bits per heavy atom. The zero-order valence-electron chi connectivity index (χ0n) is 15.9. The van der Waals surface area contributed by atoms with Crippen LogP contribution in [0.4, 0.5) is 4.79 Å². The Bertz CT molecular complexity index is 820. The number of hydrogen-bond acceptors (Lipinski definition) is 4. The van der Waals surface area contributed by atoms with Crippen LogP contribution in [-0.4, -0.2) is 64.1 Å². The minimum absolute atomic E-state index is 0.0211. The van der Waals surface area contributed by atoms with Gasteiger partial charge in [-0.05, 0) is 45.9 Å². The Morgan fingerprint density at radius 1 is 1.15 bits per heavy atom. The van der Waals surface area contributed by atoms with Crippen LogP contribution in [0.15, 0.2) is 18.2 Å². The first kappa shape index (κ1) is 18.2. The molecule has 3 rings (SSSR count). The van der Waals surface area contributed by atoms with Crippen molar-refractivity contribution >= 4 is 23.0 Å². The zero-order chi connectivity index (χ0) is 18.8. The molecule has 7 heteroatoms. The molecular weight excluding hydrogens is 332 g/mol. The summed E-state index contributed by atoms with van der Waals surface area (Å²) in [5, 5.41) is 0. The molecule has 0 unspecified atom stereocenters. The van der Waals surface area contributed by atoms with E-state index in [9.17, 15) is 9.59 Å². The van der Waals surface area contributed by atoms with Gasteiger partial charge in [-0.25, -0.2) is 9.78 Å². The minimum Gasteiger partial charge on any atom is -0.450 e. The van der Waals surface area contributed by atoms with E-state index in [0.29, 0.717) is 44.4 Å². The molecule has 1 saturated heterocycles. The highest BCUT2D eigenvalue weighted by atomic mass is 16.6. The van der Waals surface area contributed by atoms with Crippen molar-refractivity contribution in [1.29, 1.82) is 0 Å². The van der Waals surface area contributed by atoms with Gasteiger partial charge in [0.25, 0.3) is 5.91 Å². The molecule has 0 radical (unpaired) electrons. The molecule has 0 spiro atoms. The van der Waals surface area contributed by atoms with Gasteiger partial charge in [0.15, 0.2) is 0 Å². The van der Waals surface area contributed by atoms with Crippen molar-refractivity contribution in [3.63, 3.8) is 0 Å². The van der Waals surface area contributed by atoms with E-state index in [-0.39, 0.29) is 12.0 Å². The Hall–Kier alpha value is -2.57. The van der Waals surface area contributed by atoms with E-state index in [1.807, 2.05) is 25.1 Å². The molecule has 2 amide bonds. The average Bonchev–Trinajstić information content (AvgIpc) is 2.96. The first-order valence-electron chi connectivity index (χ1n) is 9.12. The second kappa shape index (κ2) is 7.35. The standard InChI is InChI=1S/C19H26N4O3/c1-5-26-19(25)22-10-8-21(9-11-22)18(24)15-6-7-17-16(12-15)20-14(4)23(17)13(2)3/h6-7,12-13H,5,8-11H2,1-4H3. The fourth-order valence-corrected chi connectivity index (χ4v) is 3.49. The quantitative estimate of drug-likeness (QED) is 0.846. The van der Waals surface area contributed by atoms with Gasteiger partial charge in [-0.3, -0.25) is 4.79 Å². The topological polar surface area (TPSA) is 67.7 Å². The third kappa shape index (κ3) is 3.38. The highest BCUT2D eigenvalue weighted by Gasteiger charge is 2.26. The van der Waals surface area contributed by atoms with E-state index in [2.05, 4.69) is 23.4 Å². The van der Waals surface area contributed by atoms with E-state index >= 15 is 0 Å². The van der Waals surface area contributed by atoms with Gasteiger partial charge in [-0.2, -0.15) is 0 Å². The number of imidazole rings is 1. The van der Waals surface area contributed by atoms with Crippen LogP contribution in [0.1, 0.15) is 43.0 Å². The van der Waals surface area contributed by atoms with E-state index in [1.165, 1.54) is 0 Å². The normalized spacial score (nSPS) is 15.0. The fraction of sp³-hybridized carbons (Fsp3) is 0.526. The number of aryl methyl sites for hydroxylation is 1. The highest BCUT2D eigenvalue weighted by molar-refractivity contribution is 5.97. The summed E-state index contributed by atoms with van der Waals surface area (Å²) in [7, 11) is 0. The summed E-state index contributed by atoms with van der Waals surface area (Å²) in [5.74, 6) is 0.926. The lowest BCUT2D eigenvalue weighted by molar-refractivity contribution is 0.0570. The van der Waals surface area contributed by atoms with Crippen molar-refractivity contribution in [2.45, 2.75) is 33.7 Å². The van der Waals surface area contributed by atoms with E-state index in [0.717, 1.165) is 16.9 Å². The van der Waals surface area contributed by atoms with Gasteiger partial charge in [0.1, 0.15) is 5.82 Å². The summed E-state index contributed by atoms with van der Waals surface area (Å²) < 4.78 is 7.18. The van der Waals surface area contributed by atoms with Gasteiger partial charge in [-0.15, -0.1) is 0 Å². The zero-order valence-corrected chi connectivity index (χ0v) is 15.9. The smallest absolute Gasteiger partial charge is 0.409 e. The van der Waals surface area contributed by atoms with E-state index < -0.39 is 0 Å². The molecule has 1 aromatic carbocycles. The molecule has 1 aliphatic heterocycles. The predicted octanol–water partition coefficient (Wildman–Crippen LogP) is 2.84. The van der Waals surface area contributed by atoms with Crippen molar-refractivity contribution in [2.24, 2.45) is 0 Å². The molecule has 7 nitrogen and oxygen atoms in total. The van der Waals surface area contributed by atoms with Crippen LogP contribution in [0.5, 0.6) is 0 Å². The molecule has 2 heterocycles. The van der Waals surface area contributed by atoms with E-state index in [4.69, 9.17) is 4.74 Å². The molecule has 140 valence electrons. The van der Waals surface area contributed by atoms with Crippen LogP contribution in [0.2, 0.25) is 0 Å². The number of hydrogen-bond donors (Lipinski definition) is 0. The Morgan fingerprint density at radius 2 is 1.81 bits per heavy atom. The second-order valence-corrected chi connectivity index (χ2v) is 6.80. The number of nitrogens with zero attached hydrogens (tertiary/aromatic N) is 4. The first-order chi connectivity index (χ1) is 12.4. The lowest BCUT2D eigenvalue weighted by atomic mass is 10.1. The first-order valence-corrected chi connectivity index (χ1v) is 9.12. The summed E-state index contributed by atoms with van der Waals surface area (Å²) in [6.45, 7) is 10.4. The van der Waals surface area contributed by atoms with Gasteiger partial charge in [-0.1, -0.05) is 0 Å². The second-order valence-electron chi connectivity index (χ2n) is 6.80. The molecule has 26 heavy (non-hydrogen) atoms. The van der Waals surface area contributed by atoms with Crippen LogP contribution in [0.25, 0.3) is 11.0 Å². The number of carbonyl (C=O) groups is 2. The lowest BCUT2D eigenvalue weighted by Gasteiger charge is -2.34. The van der Waals surface area contributed by atoms with Gasteiger partial charge >= 0.3 is 6.09 Å². The lowest BCUT2D eigenvalue weighted by Crippen LogP contribution is -2.50. The molecule has 0 atom stereocenters. The van der Waals surface area contributed by atoms with Crippen LogP contribution >= 0.6 is 0 Å². The maximum absolute atomic E-state index is 12.8. The van der Waals surface area contributed by atoms with Crippen molar-refractivity contribution in [3.05, 3.63) is 29.6 Å². The third-order valence-corrected chi connectivity index (χ3v) is 4.72. The number of fused-ring (bicyclic) bond motifs is 1. The predicted molar refractivity (Wildman–Crippen MR) is 99.4 cm³/mol. The molecule has 1 aliphatic rings.